The van der Waals surface area contributed by atoms with Gasteiger partial charge in [-0.1, -0.05) is 12.1 Å². The molecule has 0 saturated heterocycles. The molecule has 3 aromatic rings. The number of thiophene rings is 1. The molecule has 28 heavy (non-hydrogen) atoms. The van der Waals surface area contributed by atoms with Gasteiger partial charge in [-0.05, 0) is 49.9 Å². The van der Waals surface area contributed by atoms with Crippen molar-refractivity contribution in [3.63, 3.8) is 0 Å². The first-order valence-corrected chi connectivity index (χ1v) is 10.0. The highest BCUT2D eigenvalue weighted by Crippen LogP contribution is 2.16. The second-order valence-corrected chi connectivity index (χ2v) is 7.61. The SMILES string of the molecule is CCOc1ccc(Cn2c(=O)c3sccc3n(CC(=O)NC(C)C)c2=O)cc1. The van der Waals surface area contributed by atoms with Crippen LogP contribution in [0, 0.1) is 0 Å². The fourth-order valence-corrected chi connectivity index (χ4v) is 3.82. The van der Waals surface area contributed by atoms with Crippen molar-refractivity contribution in [2.75, 3.05) is 6.61 Å². The quantitative estimate of drug-likeness (QED) is 0.658. The van der Waals surface area contributed by atoms with E-state index in [4.69, 9.17) is 4.74 Å². The molecule has 0 bridgehead atoms. The molecule has 0 atom stereocenters. The third-order valence-electron chi connectivity index (χ3n) is 4.16. The minimum absolute atomic E-state index is 0.0315. The van der Waals surface area contributed by atoms with Gasteiger partial charge in [-0.15, -0.1) is 11.3 Å². The highest BCUT2D eigenvalue weighted by atomic mass is 32.1. The fraction of sp³-hybridized carbons (Fsp3) is 0.350. The summed E-state index contributed by atoms with van der Waals surface area (Å²) in [7, 11) is 0. The number of carbonyl (C=O) groups excluding carboxylic acids is 1. The van der Waals surface area contributed by atoms with Gasteiger partial charge in [0.15, 0.2) is 0 Å². The first-order valence-electron chi connectivity index (χ1n) is 9.12. The summed E-state index contributed by atoms with van der Waals surface area (Å²) in [5.74, 6) is 0.464. The molecule has 2 heterocycles. The number of carbonyl (C=O) groups is 1. The first-order chi connectivity index (χ1) is 13.4. The first kappa shape index (κ1) is 19.9. The fourth-order valence-electron chi connectivity index (χ4n) is 2.98. The van der Waals surface area contributed by atoms with Crippen molar-refractivity contribution < 1.29 is 9.53 Å². The predicted molar refractivity (Wildman–Crippen MR) is 110 cm³/mol. The van der Waals surface area contributed by atoms with Gasteiger partial charge >= 0.3 is 5.69 Å². The monoisotopic (exact) mass is 401 g/mol. The summed E-state index contributed by atoms with van der Waals surface area (Å²) in [4.78, 5) is 38.1. The summed E-state index contributed by atoms with van der Waals surface area (Å²) in [6.07, 6.45) is 0. The van der Waals surface area contributed by atoms with Gasteiger partial charge in [0.05, 0.1) is 18.7 Å². The second-order valence-electron chi connectivity index (χ2n) is 6.69. The molecule has 0 radical (unpaired) electrons. The number of nitrogens with zero attached hydrogens (tertiary/aromatic N) is 2. The van der Waals surface area contributed by atoms with Crippen LogP contribution >= 0.6 is 11.3 Å². The lowest BCUT2D eigenvalue weighted by Crippen LogP contribution is -2.43. The predicted octanol–water partition coefficient (Wildman–Crippen LogP) is 2.20. The molecule has 0 unspecified atom stereocenters. The Morgan fingerprint density at radius 1 is 1.14 bits per heavy atom. The van der Waals surface area contributed by atoms with Crippen LogP contribution in [0.4, 0.5) is 0 Å². The lowest BCUT2D eigenvalue weighted by atomic mass is 10.2. The number of hydrogen-bond donors (Lipinski definition) is 1. The maximum atomic E-state index is 13.0. The van der Waals surface area contributed by atoms with Gasteiger partial charge in [-0.2, -0.15) is 0 Å². The van der Waals surface area contributed by atoms with Crippen molar-refractivity contribution in [3.05, 3.63) is 62.1 Å². The van der Waals surface area contributed by atoms with Crippen LogP contribution in [-0.4, -0.2) is 27.7 Å². The largest absolute Gasteiger partial charge is 0.494 e. The molecule has 0 fully saturated rings. The summed E-state index contributed by atoms with van der Waals surface area (Å²) >= 11 is 1.27. The number of aromatic nitrogens is 2. The van der Waals surface area contributed by atoms with Crippen molar-refractivity contribution in [3.8, 4) is 5.75 Å². The van der Waals surface area contributed by atoms with Crippen LogP contribution in [0.2, 0.25) is 0 Å². The number of ether oxygens (including phenoxy) is 1. The minimum atomic E-state index is -0.497. The summed E-state index contributed by atoms with van der Waals surface area (Å²) < 4.78 is 8.42. The highest BCUT2D eigenvalue weighted by Gasteiger charge is 2.17. The third-order valence-corrected chi connectivity index (χ3v) is 5.05. The Bertz CT molecular complexity index is 1090. The number of amides is 1. The molecule has 0 aliphatic carbocycles. The third kappa shape index (κ3) is 4.17. The van der Waals surface area contributed by atoms with Gasteiger partial charge in [-0.25, -0.2) is 4.79 Å². The molecule has 7 nitrogen and oxygen atoms in total. The Morgan fingerprint density at radius 3 is 2.50 bits per heavy atom. The van der Waals surface area contributed by atoms with E-state index in [1.54, 1.807) is 11.4 Å². The van der Waals surface area contributed by atoms with Gasteiger partial charge in [-0.3, -0.25) is 18.7 Å². The van der Waals surface area contributed by atoms with Crippen LogP contribution in [0.3, 0.4) is 0 Å². The van der Waals surface area contributed by atoms with E-state index in [1.165, 1.54) is 20.5 Å². The number of rotatable bonds is 7. The maximum absolute atomic E-state index is 13.0. The van der Waals surface area contributed by atoms with Crippen LogP contribution in [0.25, 0.3) is 10.2 Å². The molecule has 0 aliphatic rings. The van der Waals surface area contributed by atoms with E-state index in [1.807, 2.05) is 45.0 Å². The van der Waals surface area contributed by atoms with Crippen LogP contribution in [0.15, 0.2) is 45.3 Å². The van der Waals surface area contributed by atoms with Crippen molar-refractivity contribution in [2.24, 2.45) is 0 Å². The molecule has 2 aromatic heterocycles. The molecular formula is C20H23N3O4S. The van der Waals surface area contributed by atoms with Crippen LogP contribution in [0.5, 0.6) is 5.75 Å². The van der Waals surface area contributed by atoms with E-state index in [2.05, 4.69) is 5.32 Å². The van der Waals surface area contributed by atoms with Crippen molar-refractivity contribution >= 4 is 27.5 Å². The summed E-state index contributed by atoms with van der Waals surface area (Å²) in [6, 6.07) is 8.93. The zero-order chi connectivity index (χ0) is 20.3. The molecule has 1 N–H and O–H groups in total. The molecule has 1 amide bonds. The smallest absolute Gasteiger partial charge is 0.332 e. The van der Waals surface area contributed by atoms with Gasteiger partial charge in [0, 0.05) is 6.04 Å². The van der Waals surface area contributed by atoms with Crippen LogP contribution < -0.4 is 21.3 Å². The zero-order valence-electron chi connectivity index (χ0n) is 16.1. The number of fused-ring (bicyclic) bond motifs is 1. The molecule has 8 heteroatoms. The average Bonchev–Trinajstić information content (AvgIpc) is 3.13. The Hall–Kier alpha value is -2.87. The molecule has 148 valence electrons. The Kier molecular flexibility index (Phi) is 5.99. The van der Waals surface area contributed by atoms with E-state index in [9.17, 15) is 14.4 Å². The lowest BCUT2D eigenvalue weighted by molar-refractivity contribution is -0.122. The number of benzene rings is 1. The normalized spacial score (nSPS) is 11.1. The maximum Gasteiger partial charge on any atom is 0.332 e. The molecule has 3 rings (SSSR count). The van der Waals surface area contributed by atoms with Crippen LogP contribution in [-0.2, 0) is 17.9 Å². The van der Waals surface area contributed by atoms with Crippen LogP contribution in [0.1, 0.15) is 26.3 Å². The van der Waals surface area contributed by atoms with E-state index in [0.29, 0.717) is 16.8 Å². The average molecular weight is 401 g/mol. The molecule has 0 saturated carbocycles. The van der Waals surface area contributed by atoms with Crippen molar-refractivity contribution in [1.29, 1.82) is 0 Å². The van der Waals surface area contributed by atoms with Crippen molar-refractivity contribution in [1.82, 2.24) is 14.5 Å². The summed E-state index contributed by atoms with van der Waals surface area (Å²) in [5, 5.41) is 4.53. The van der Waals surface area contributed by atoms with Gasteiger partial charge in [0.2, 0.25) is 5.91 Å². The Balaban J connectivity index is 2.01. The molecule has 0 spiro atoms. The molecular weight excluding hydrogens is 378 g/mol. The Morgan fingerprint density at radius 2 is 1.86 bits per heavy atom. The molecule has 1 aromatic carbocycles. The van der Waals surface area contributed by atoms with E-state index in [-0.39, 0.29) is 30.6 Å². The van der Waals surface area contributed by atoms with Gasteiger partial charge in [0.1, 0.15) is 17.0 Å². The van der Waals surface area contributed by atoms with Crippen molar-refractivity contribution in [2.45, 2.75) is 39.9 Å². The van der Waals surface area contributed by atoms with E-state index in [0.717, 1.165) is 11.3 Å². The Labute approximate surface area is 166 Å². The van der Waals surface area contributed by atoms with Gasteiger partial charge in [0.25, 0.3) is 5.56 Å². The van der Waals surface area contributed by atoms with E-state index < -0.39 is 5.69 Å². The standard InChI is InChI=1S/C20H23N3O4S/c1-4-27-15-7-5-14(6-8-15)11-23-19(25)18-16(9-10-28-18)22(20(23)26)12-17(24)21-13(2)3/h5-10,13H,4,11-12H2,1-3H3,(H,21,24). The highest BCUT2D eigenvalue weighted by molar-refractivity contribution is 7.17. The second kappa shape index (κ2) is 8.43. The van der Waals surface area contributed by atoms with Gasteiger partial charge < -0.3 is 10.1 Å². The minimum Gasteiger partial charge on any atom is -0.494 e. The topological polar surface area (TPSA) is 82.3 Å². The van der Waals surface area contributed by atoms with E-state index >= 15 is 0 Å². The number of hydrogen-bond acceptors (Lipinski definition) is 5. The summed E-state index contributed by atoms with van der Waals surface area (Å²) in [5.41, 5.74) is 0.451. The molecule has 0 aliphatic heterocycles. The summed E-state index contributed by atoms with van der Waals surface area (Å²) in [6.45, 7) is 6.18. The lowest BCUT2D eigenvalue weighted by Gasteiger charge is -2.14. The number of nitrogens with one attached hydrogen (secondary N) is 1. The zero-order valence-corrected chi connectivity index (χ0v) is 16.9.